The van der Waals surface area contributed by atoms with Crippen LogP contribution in [0.3, 0.4) is 0 Å². The lowest BCUT2D eigenvalue weighted by Crippen LogP contribution is -2.31. The lowest BCUT2D eigenvalue weighted by molar-refractivity contribution is -0.178. The molecule has 0 saturated heterocycles. The number of halogens is 4. The minimum absolute atomic E-state index is 0.111. The molecular weight excluding hydrogens is 380 g/mol. The molecule has 1 aromatic rings. The second kappa shape index (κ2) is 9.72. The number of rotatable bonds is 8. The Morgan fingerprint density at radius 3 is 2.25 bits per heavy atom. The molecule has 1 aromatic carbocycles. The van der Waals surface area contributed by atoms with Crippen molar-refractivity contribution >= 4 is 29.3 Å². The van der Waals surface area contributed by atoms with Crippen LogP contribution in [0.1, 0.15) is 18.1 Å². The molecule has 0 bridgehead atoms. The topological polar surface area (TPSA) is 58.6 Å². The van der Waals surface area contributed by atoms with Crippen LogP contribution < -0.4 is 10.2 Å². The van der Waals surface area contributed by atoms with E-state index < -0.39 is 18.1 Å². The molecule has 5 nitrogen and oxygen atoms in total. The first-order valence-electron chi connectivity index (χ1n) is 8.05. The lowest BCUT2D eigenvalue weighted by Gasteiger charge is -2.26. The average Bonchev–Trinajstić information content (AvgIpc) is 2.62. The smallest absolute Gasteiger partial charge is 0.362 e. The second-order valence-corrected chi connectivity index (χ2v) is 5.85. The first-order chi connectivity index (χ1) is 13.0. The summed E-state index contributed by atoms with van der Waals surface area (Å²) in [5.41, 5.74) is 0.938. The Balaban J connectivity index is 3.55. The number of alkyl halides is 3. The van der Waals surface area contributed by atoms with Gasteiger partial charge in [0.1, 0.15) is 0 Å². The minimum Gasteiger partial charge on any atom is -0.362 e. The van der Waals surface area contributed by atoms with E-state index in [0.717, 1.165) is 0 Å². The highest BCUT2D eigenvalue weighted by atomic mass is 19.4. The van der Waals surface area contributed by atoms with Crippen molar-refractivity contribution in [3.05, 3.63) is 54.1 Å². The van der Waals surface area contributed by atoms with Gasteiger partial charge in [-0.3, -0.25) is 4.79 Å². The maximum Gasteiger partial charge on any atom is 0.471 e. The molecule has 0 radical (unpaired) electrons. The van der Waals surface area contributed by atoms with Gasteiger partial charge in [0.25, 0.3) is 0 Å². The quantitative estimate of drug-likeness (QED) is 0.396. The van der Waals surface area contributed by atoms with Crippen molar-refractivity contribution in [2.24, 2.45) is 0 Å². The summed E-state index contributed by atoms with van der Waals surface area (Å²) in [5, 5.41) is 1.84. The highest BCUT2D eigenvalue weighted by molar-refractivity contribution is 5.99. The van der Waals surface area contributed by atoms with Crippen molar-refractivity contribution < 1.29 is 32.2 Å². The van der Waals surface area contributed by atoms with E-state index in [0.29, 0.717) is 16.8 Å². The van der Waals surface area contributed by atoms with E-state index in [1.54, 1.807) is 30.0 Å². The van der Waals surface area contributed by atoms with E-state index in [1.807, 2.05) is 5.32 Å². The molecule has 152 valence electrons. The minimum atomic E-state index is -5.09. The number of anilines is 2. The summed E-state index contributed by atoms with van der Waals surface area (Å²) in [5.74, 6) is -3.38. The molecule has 1 amide bonds. The van der Waals surface area contributed by atoms with Gasteiger partial charge in [-0.1, -0.05) is 12.2 Å². The monoisotopic (exact) mass is 400 g/mol. The van der Waals surface area contributed by atoms with Gasteiger partial charge in [0, 0.05) is 23.2 Å². The van der Waals surface area contributed by atoms with Crippen molar-refractivity contribution in [1.29, 1.82) is 0 Å². The molecule has 0 atom stereocenters. The highest BCUT2D eigenvalue weighted by Gasteiger charge is 2.39. The van der Waals surface area contributed by atoms with Crippen LogP contribution in [0.25, 0.3) is 6.08 Å². The molecular formula is C19H20F4N2O3. The van der Waals surface area contributed by atoms with E-state index in [-0.39, 0.29) is 24.4 Å². The fourth-order valence-electron chi connectivity index (χ4n) is 2.36. The van der Waals surface area contributed by atoms with Crippen LogP contribution in [-0.4, -0.2) is 31.1 Å². The number of benzene rings is 1. The Kier molecular flexibility index (Phi) is 7.97. The summed E-state index contributed by atoms with van der Waals surface area (Å²) >= 11 is 0. The summed E-state index contributed by atoms with van der Waals surface area (Å²) in [6.07, 6.45) is -0.754. The number of aryl methyl sites for hydroxylation is 1. The molecule has 0 fully saturated rings. The van der Waals surface area contributed by atoms with Gasteiger partial charge in [0.15, 0.2) is 0 Å². The van der Waals surface area contributed by atoms with Crippen LogP contribution in [0, 0.1) is 6.92 Å². The summed E-state index contributed by atoms with van der Waals surface area (Å²) < 4.78 is 50.3. The highest BCUT2D eigenvalue weighted by Crippen LogP contribution is 2.32. The standard InChI is InChI=1S/C19H20F4N2O3/c1-5-7-25(8-6-2)16-10-12(3)14(9-13(4)17(26)28-23)11-15(16)24-18(27)19(20,21)22/h5-6,9-11H,1-2,7-8H2,3-4H3,(H,24,27)/b13-9+. The van der Waals surface area contributed by atoms with Crippen LogP contribution >= 0.6 is 0 Å². The fraction of sp³-hybridized carbons (Fsp3) is 0.263. The molecule has 0 aromatic heterocycles. The summed E-state index contributed by atoms with van der Waals surface area (Å²) in [6, 6.07) is 2.81. The Labute approximate surface area is 159 Å². The fourth-order valence-corrected chi connectivity index (χ4v) is 2.36. The van der Waals surface area contributed by atoms with Crippen molar-refractivity contribution in [3.8, 4) is 0 Å². The number of hydrogen-bond acceptors (Lipinski definition) is 4. The van der Waals surface area contributed by atoms with Gasteiger partial charge < -0.3 is 10.2 Å². The van der Waals surface area contributed by atoms with Crippen molar-refractivity contribution in [3.63, 3.8) is 0 Å². The van der Waals surface area contributed by atoms with Gasteiger partial charge in [-0.2, -0.15) is 13.2 Å². The average molecular weight is 400 g/mol. The van der Waals surface area contributed by atoms with Crippen LogP contribution in [0.15, 0.2) is 43.0 Å². The van der Waals surface area contributed by atoms with E-state index in [1.165, 1.54) is 19.1 Å². The molecule has 0 aliphatic carbocycles. The molecule has 0 spiro atoms. The van der Waals surface area contributed by atoms with Gasteiger partial charge in [0.2, 0.25) is 0 Å². The van der Waals surface area contributed by atoms with Gasteiger partial charge in [-0.15, -0.1) is 13.2 Å². The Morgan fingerprint density at radius 1 is 1.21 bits per heavy atom. The molecule has 0 aliphatic heterocycles. The van der Waals surface area contributed by atoms with E-state index in [4.69, 9.17) is 0 Å². The zero-order valence-corrected chi connectivity index (χ0v) is 15.4. The van der Waals surface area contributed by atoms with Crippen LogP contribution in [0.5, 0.6) is 0 Å². The van der Waals surface area contributed by atoms with E-state index in [2.05, 4.69) is 18.1 Å². The van der Waals surface area contributed by atoms with Crippen LogP contribution in [0.4, 0.5) is 29.1 Å². The number of nitrogens with one attached hydrogen (secondary N) is 1. The van der Waals surface area contributed by atoms with Crippen molar-refractivity contribution in [2.75, 3.05) is 23.3 Å². The first-order valence-corrected chi connectivity index (χ1v) is 8.05. The predicted molar refractivity (Wildman–Crippen MR) is 99.3 cm³/mol. The van der Waals surface area contributed by atoms with Gasteiger partial charge in [-0.25, -0.2) is 9.74 Å². The zero-order chi connectivity index (χ0) is 21.5. The summed E-state index contributed by atoms with van der Waals surface area (Å²) in [7, 11) is 0. The van der Waals surface area contributed by atoms with Crippen LogP contribution in [-0.2, 0) is 14.5 Å². The molecule has 28 heavy (non-hydrogen) atoms. The Bertz CT molecular complexity index is 791. The van der Waals surface area contributed by atoms with Crippen LogP contribution in [0.2, 0.25) is 0 Å². The van der Waals surface area contributed by atoms with E-state index in [9.17, 15) is 27.3 Å². The number of carbonyl (C=O) groups is 2. The zero-order valence-electron chi connectivity index (χ0n) is 15.4. The third-order valence-corrected chi connectivity index (χ3v) is 3.69. The molecule has 9 heteroatoms. The lowest BCUT2D eigenvalue weighted by atomic mass is 10.0. The third kappa shape index (κ3) is 5.97. The maximum absolute atomic E-state index is 12.7. The van der Waals surface area contributed by atoms with E-state index >= 15 is 0 Å². The number of nitrogens with zero attached hydrogens (tertiary/aromatic N) is 1. The van der Waals surface area contributed by atoms with Crippen molar-refractivity contribution in [2.45, 2.75) is 20.0 Å². The maximum atomic E-state index is 12.7. The molecule has 0 heterocycles. The van der Waals surface area contributed by atoms with Gasteiger partial charge >= 0.3 is 18.1 Å². The number of amides is 1. The number of hydrogen-bond donors (Lipinski definition) is 1. The molecule has 0 unspecified atom stereocenters. The SMILES string of the molecule is C=CCN(CC=C)c1cc(C)c(/C=C(\C)C(=O)OF)cc1NC(=O)C(F)(F)F. The third-order valence-electron chi connectivity index (χ3n) is 3.69. The summed E-state index contributed by atoms with van der Waals surface area (Å²) in [6.45, 7) is 10.7. The largest absolute Gasteiger partial charge is 0.471 e. The normalized spacial score (nSPS) is 11.6. The van der Waals surface area contributed by atoms with Crippen molar-refractivity contribution in [1.82, 2.24) is 0 Å². The molecule has 0 aliphatic rings. The molecule has 0 saturated carbocycles. The predicted octanol–water partition coefficient (Wildman–Crippen LogP) is 4.51. The molecule has 1 rings (SSSR count). The molecule has 1 N–H and O–H groups in total. The second-order valence-electron chi connectivity index (χ2n) is 5.85. The van der Waals surface area contributed by atoms with Gasteiger partial charge in [-0.05, 0) is 43.2 Å². The summed E-state index contributed by atoms with van der Waals surface area (Å²) in [4.78, 5) is 27.5. The number of carbonyl (C=O) groups excluding carboxylic acids is 2. The first kappa shape index (κ1) is 22.9. The van der Waals surface area contributed by atoms with Gasteiger partial charge in [0.05, 0.1) is 11.4 Å². The Morgan fingerprint density at radius 2 is 1.79 bits per heavy atom. The Hall–Kier alpha value is -3.10.